The quantitative estimate of drug-likeness (QED) is 0.739. The minimum atomic E-state index is -1.10. The lowest BCUT2D eigenvalue weighted by molar-refractivity contribution is 0.0697. The van der Waals surface area contributed by atoms with E-state index in [4.69, 9.17) is 14.3 Å². The Balaban J connectivity index is 2.15. The third-order valence-corrected chi connectivity index (χ3v) is 3.88. The zero-order valence-corrected chi connectivity index (χ0v) is 14.5. The largest absolute Gasteiger partial charge is 0.487 e. The molecule has 0 radical (unpaired) electrons. The molecule has 3 aromatic rings. The standard InChI is InChI=1S/C21H18O5/c1-3-25-20-18(9-7-14-6-4-5-13(2)11-14)26-17-10-8-15(21(23)24)12-16(17)19(20)22/h4-12H,3H2,1-2H3,(H,23,24)/b9-7+. The summed E-state index contributed by atoms with van der Waals surface area (Å²) in [5.74, 6) is -0.729. The number of benzene rings is 2. The maximum atomic E-state index is 12.8. The van der Waals surface area contributed by atoms with E-state index in [2.05, 4.69) is 0 Å². The van der Waals surface area contributed by atoms with E-state index in [9.17, 15) is 9.59 Å². The molecule has 3 rings (SSSR count). The maximum absolute atomic E-state index is 12.8. The van der Waals surface area contributed by atoms with Crippen LogP contribution in [0.2, 0.25) is 0 Å². The molecule has 1 N–H and O–H groups in total. The van der Waals surface area contributed by atoms with Gasteiger partial charge in [-0.25, -0.2) is 4.79 Å². The summed E-state index contributed by atoms with van der Waals surface area (Å²) in [5.41, 5.74) is 2.04. The van der Waals surface area contributed by atoms with Crippen molar-refractivity contribution in [1.29, 1.82) is 0 Å². The molecule has 5 nitrogen and oxygen atoms in total. The van der Waals surface area contributed by atoms with Crippen molar-refractivity contribution in [3.05, 3.63) is 75.1 Å². The van der Waals surface area contributed by atoms with Gasteiger partial charge in [-0.15, -0.1) is 0 Å². The predicted molar refractivity (Wildman–Crippen MR) is 101 cm³/mol. The van der Waals surface area contributed by atoms with Gasteiger partial charge >= 0.3 is 5.97 Å². The second-order valence-electron chi connectivity index (χ2n) is 5.82. The third kappa shape index (κ3) is 3.52. The lowest BCUT2D eigenvalue weighted by Crippen LogP contribution is -2.10. The highest BCUT2D eigenvalue weighted by atomic mass is 16.5. The Labute approximate surface area is 150 Å². The van der Waals surface area contributed by atoms with Gasteiger partial charge in [0.2, 0.25) is 11.2 Å². The summed E-state index contributed by atoms with van der Waals surface area (Å²) in [6.45, 7) is 4.06. The van der Waals surface area contributed by atoms with Crippen LogP contribution in [0.5, 0.6) is 5.75 Å². The van der Waals surface area contributed by atoms with E-state index in [1.807, 2.05) is 37.3 Å². The number of aromatic carboxylic acids is 1. The van der Waals surface area contributed by atoms with Crippen LogP contribution in [-0.2, 0) is 0 Å². The van der Waals surface area contributed by atoms with Crippen LogP contribution in [-0.4, -0.2) is 17.7 Å². The van der Waals surface area contributed by atoms with E-state index in [-0.39, 0.29) is 22.1 Å². The van der Waals surface area contributed by atoms with Gasteiger partial charge in [0.1, 0.15) is 5.58 Å². The number of ether oxygens (including phenoxy) is 1. The zero-order valence-electron chi connectivity index (χ0n) is 14.5. The Morgan fingerprint density at radius 3 is 2.69 bits per heavy atom. The molecule has 5 heteroatoms. The highest BCUT2D eigenvalue weighted by Gasteiger charge is 2.15. The van der Waals surface area contributed by atoms with Crippen molar-refractivity contribution in [3.8, 4) is 5.75 Å². The van der Waals surface area contributed by atoms with Gasteiger partial charge < -0.3 is 14.3 Å². The number of carboxylic acid groups (broad SMARTS) is 1. The molecule has 0 aliphatic rings. The molecule has 0 saturated carbocycles. The SMILES string of the molecule is CCOc1c(/C=C/c2cccc(C)c2)oc2ccc(C(=O)O)cc2c1=O. The molecule has 0 spiro atoms. The molecule has 0 bridgehead atoms. The van der Waals surface area contributed by atoms with Crippen molar-refractivity contribution < 1.29 is 19.1 Å². The topological polar surface area (TPSA) is 76.7 Å². The molecule has 0 amide bonds. The smallest absolute Gasteiger partial charge is 0.335 e. The van der Waals surface area contributed by atoms with E-state index in [0.29, 0.717) is 18.0 Å². The summed E-state index contributed by atoms with van der Waals surface area (Å²) in [7, 11) is 0. The highest BCUT2D eigenvalue weighted by molar-refractivity contribution is 5.93. The molecule has 1 heterocycles. The van der Waals surface area contributed by atoms with Crippen LogP contribution in [0.3, 0.4) is 0 Å². The van der Waals surface area contributed by atoms with Gasteiger partial charge in [0, 0.05) is 0 Å². The molecule has 132 valence electrons. The van der Waals surface area contributed by atoms with E-state index in [1.54, 1.807) is 13.0 Å². The maximum Gasteiger partial charge on any atom is 0.335 e. The Kier molecular flexibility index (Phi) is 4.89. The Morgan fingerprint density at radius 2 is 2.00 bits per heavy atom. The van der Waals surface area contributed by atoms with Gasteiger partial charge in [-0.1, -0.05) is 35.9 Å². The van der Waals surface area contributed by atoms with Crippen LogP contribution >= 0.6 is 0 Å². The highest BCUT2D eigenvalue weighted by Crippen LogP contribution is 2.24. The van der Waals surface area contributed by atoms with Gasteiger partial charge in [-0.3, -0.25) is 4.79 Å². The molecule has 26 heavy (non-hydrogen) atoms. The van der Waals surface area contributed by atoms with Crippen LogP contribution < -0.4 is 10.2 Å². The molecular formula is C21H18O5. The predicted octanol–water partition coefficient (Wildman–Crippen LogP) is 4.37. The van der Waals surface area contributed by atoms with E-state index in [1.165, 1.54) is 18.2 Å². The van der Waals surface area contributed by atoms with Crippen LogP contribution in [0.4, 0.5) is 0 Å². The molecule has 0 saturated heterocycles. The fourth-order valence-corrected chi connectivity index (χ4v) is 2.66. The molecule has 0 aliphatic carbocycles. The van der Waals surface area contributed by atoms with Gasteiger partial charge in [0.25, 0.3) is 0 Å². The molecule has 0 fully saturated rings. The fraction of sp³-hybridized carbons (Fsp3) is 0.143. The van der Waals surface area contributed by atoms with Crippen molar-refractivity contribution >= 4 is 29.1 Å². The molecule has 0 atom stereocenters. The van der Waals surface area contributed by atoms with Gasteiger partial charge in [0.15, 0.2) is 5.76 Å². The summed E-state index contributed by atoms with van der Waals surface area (Å²) < 4.78 is 11.3. The van der Waals surface area contributed by atoms with Crippen molar-refractivity contribution in [3.63, 3.8) is 0 Å². The summed E-state index contributed by atoms with van der Waals surface area (Å²) in [5, 5.41) is 9.30. The summed E-state index contributed by atoms with van der Waals surface area (Å²) in [6.07, 6.45) is 3.52. The van der Waals surface area contributed by atoms with Gasteiger partial charge in [0.05, 0.1) is 17.6 Å². The van der Waals surface area contributed by atoms with Gasteiger partial charge in [-0.05, 0) is 43.7 Å². The van der Waals surface area contributed by atoms with Crippen molar-refractivity contribution in [2.24, 2.45) is 0 Å². The number of hydrogen-bond donors (Lipinski definition) is 1. The first-order valence-electron chi connectivity index (χ1n) is 8.21. The number of carboxylic acids is 1. The van der Waals surface area contributed by atoms with Crippen LogP contribution in [0.1, 0.15) is 34.2 Å². The minimum absolute atomic E-state index is 0.0234. The summed E-state index contributed by atoms with van der Waals surface area (Å²) >= 11 is 0. The monoisotopic (exact) mass is 350 g/mol. The zero-order chi connectivity index (χ0) is 18.7. The minimum Gasteiger partial charge on any atom is -0.487 e. The van der Waals surface area contributed by atoms with Crippen LogP contribution in [0.15, 0.2) is 51.7 Å². The Hall–Kier alpha value is -3.34. The first-order valence-corrected chi connectivity index (χ1v) is 8.21. The normalized spacial score (nSPS) is 11.2. The lowest BCUT2D eigenvalue weighted by Gasteiger charge is -2.08. The van der Waals surface area contributed by atoms with Crippen molar-refractivity contribution in [2.75, 3.05) is 6.61 Å². The number of fused-ring (bicyclic) bond motifs is 1. The first kappa shape index (κ1) is 17.5. The molecule has 0 aliphatic heterocycles. The Morgan fingerprint density at radius 1 is 1.19 bits per heavy atom. The fourth-order valence-electron chi connectivity index (χ4n) is 2.66. The number of carbonyl (C=O) groups is 1. The van der Waals surface area contributed by atoms with E-state index < -0.39 is 5.97 Å². The van der Waals surface area contributed by atoms with Crippen LogP contribution in [0, 0.1) is 6.92 Å². The van der Waals surface area contributed by atoms with Crippen molar-refractivity contribution in [1.82, 2.24) is 0 Å². The number of rotatable bonds is 5. The Bertz CT molecular complexity index is 1060. The lowest BCUT2D eigenvalue weighted by atomic mass is 10.1. The van der Waals surface area contributed by atoms with Crippen molar-refractivity contribution in [2.45, 2.75) is 13.8 Å². The van der Waals surface area contributed by atoms with Gasteiger partial charge in [-0.2, -0.15) is 0 Å². The number of aryl methyl sites for hydroxylation is 1. The molecule has 1 aromatic heterocycles. The average Bonchev–Trinajstić information content (AvgIpc) is 2.62. The summed E-state index contributed by atoms with van der Waals surface area (Å²) in [4.78, 5) is 23.9. The van der Waals surface area contributed by atoms with Crippen LogP contribution in [0.25, 0.3) is 23.1 Å². The first-order chi connectivity index (χ1) is 12.5. The number of hydrogen-bond acceptors (Lipinski definition) is 4. The van der Waals surface area contributed by atoms with E-state index in [0.717, 1.165) is 11.1 Å². The molecular weight excluding hydrogens is 332 g/mol. The average molecular weight is 350 g/mol. The summed E-state index contributed by atoms with van der Waals surface area (Å²) in [6, 6.07) is 12.1. The molecule has 0 unspecified atom stereocenters. The second-order valence-corrected chi connectivity index (χ2v) is 5.82. The molecule has 2 aromatic carbocycles. The van der Waals surface area contributed by atoms with E-state index >= 15 is 0 Å². The third-order valence-electron chi connectivity index (χ3n) is 3.88. The second kappa shape index (κ2) is 7.27.